The molecule has 1 fully saturated rings. The lowest BCUT2D eigenvalue weighted by Crippen LogP contribution is -2.47. The number of carboxylic acid groups (broad SMARTS) is 1. The average Bonchev–Trinajstić information content (AvgIpc) is 2.46. The first-order chi connectivity index (χ1) is 10.1. The molecule has 1 saturated heterocycles. The number of hydrogen-bond donors (Lipinski definition) is 1. The zero-order valence-corrected chi connectivity index (χ0v) is 12.3. The van der Waals surface area contributed by atoms with Gasteiger partial charge in [0.2, 0.25) is 0 Å². The summed E-state index contributed by atoms with van der Waals surface area (Å²) in [5.74, 6) is 0.347. The van der Waals surface area contributed by atoms with Gasteiger partial charge < -0.3 is 10.0 Å². The van der Waals surface area contributed by atoms with Crippen molar-refractivity contribution >= 4 is 22.8 Å². The molecule has 0 aliphatic carbocycles. The summed E-state index contributed by atoms with van der Waals surface area (Å²) < 4.78 is 0. The molecular formula is C16H19N3O2. The molecule has 5 nitrogen and oxygen atoms in total. The van der Waals surface area contributed by atoms with Gasteiger partial charge in [0, 0.05) is 6.54 Å². The van der Waals surface area contributed by atoms with Gasteiger partial charge in [0.05, 0.1) is 16.7 Å². The Morgan fingerprint density at radius 3 is 2.62 bits per heavy atom. The minimum absolute atomic E-state index is 0.427. The highest BCUT2D eigenvalue weighted by Crippen LogP contribution is 2.29. The maximum Gasteiger partial charge on any atom is 0.326 e. The van der Waals surface area contributed by atoms with Crippen molar-refractivity contribution in [2.45, 2.75) is 32.7 Å². The highest BCUT2D eigenvalue weighted by Gasteiger charge is 2.33. The van der Waals surface area contributed by atoms with E-state index in [2.05, 4.69) is 16.9 Å². The van der Waals surface area contributed by atoms with Crippen LogP contribution in [0.1, 0.15) is 25.5 Å². The number of fused-ring (bicyclic) bond motifs is 1. The van der Waals surface area contributed by atoms with Gasteiger partial charge in [0.25, 0.3) is 0 Å². The molecule has 2 atom stereocenters. The Morgan fingerprint density at radius 2 is 1.95 bits per heavy atom. The van der Waals surface area contributed by atoms with E-state index in [0.29, 0.717) is 24.7 Å². The van der Waals surface area contributed by atoms with Crippen LogP contribution in [-0.4, -0.2) is 33.6 Å². The summed E-state index contributed by atoms with van der Waals surface area (Å²) in [7, 11) is 0. The molecule has 3 rings (SSSR count). The number of carboxylic acids is 1. The zero-order chi connectivity index (χ0) is 15.0. The number of aliphatic carboxylic acids is 1. The number of rotatable bonds is 2. The van der Waals surface area contributed by atoms with E-state index >= 15 is 0 Å². The Kier molecular flexibility index (Phi) is 3.49. The van der Waals surface area contributed by atoms with Gasteiger partial charge in [-0.2, -0.15) is 0 Å². The molecule has 1 N–H and O–H groups in total. The van der Waals surface area contributed by atoms with Crippen molar-refractivity contribution in [1.29, 1.82) is 0 Å². The summed E-state index contributed by atoms with van der Waals surface area (Å²) >= 11 is 0. The smallest absolute Gasteiger partial charge is 0.326 e. The van der Waals surface area contributed by atoms with Crippen molar-refractivity contribution in [3.8, 4) is 0 Å². The molecule has 0 saturated carbocycles. The molecule has 2 heterocycles. The molecule has 0 amide bonds. The van der Waals surface area contributed by atoms with Crippen LogP contribution < -0.4 is 4.90 Å². The van der Waals surface area contributed by atoms with Crippen LogP contribution >= 0.6 is 0 Å². The molecule has 2 unspecified atom stereocenters. The summed E-state index contributed by atoms with van der Waals surface area (Å²) in [4.78, 5) is 22.7. The van der Waals surface area contributed by atoms with Crippen LogP contribution in [0.2, 0.25) is 0 Å². The van der Waals surface area contributed by atoms with E-state index in [4.69, 9.17) is 0 Å². The monoisotopic (exact) mass is 285 g/mol. The summed E-state index contributed by atoms with van der Waals surface area (Å²) in [6.45, 7) is 4.71. The molecule has 0 spiro atoms. The second-order valence-electron chi connectivity index (χ2n) is 5.80. The molecule has 21 heavy (non-hydrogen) atoms. The third-order valence-electron chi connectivity index (χ3n) is 4.14. The van der Waals surface area contributed by atoms with Crippen LogP contribution in [0.5, 0.6) is 0 Å². The third-order valence-corrected chi connectivity index (χ3v) is 4.14. The molecule has 1 aromatic heterocycles. The number of piperidine rings is 1. The zero-order valence-electron chi connectivity index (χ0n) is 12.3. The molecule has 2 aromatic rings. The van der Waals surface area contributed by atoms with Crippen molar-refractivity contribution in [1.82, 2.24) is 9.97 Å². The fraction of sp³-hybridized carbons (Fsp3) is 0.438. The first-order valence-electron chi connectivity index (χ1n) is 7.29. The number of anilines is 1. The second kappa shape index (κ2) is 5.31. The van der Waals surface area contributed by atoms with Crippen molar-refractivity contribution < 1.29 is 9.90 Å². The number of benzene rings is 1. The molecule has 1 aliphatic heterocycles. The normalized spacial score (nSPS) is 22.5. The first-order valence-corrected chi connectivity index (χ1v) is 7.29. The fourth-order valence-electron chi connectivity index (χ4n) is 2.98. The number of aryl methyl sites for hydroxylation is 1. The minimum atomic E-state index is -0.782. The number of aromatic nitrogens is 2. The van der Waals surface area contributed by atoms with Gasteiger partial charge in [0.1, 0.15) is 6.04 Å². The van der Waals surface area contributed by atoms with E-state index in [1.807, 2.05) is 36.1 Å². The SMILES string of the molecule is Cc1nc2ccccc2nc1N1CCC(C)CC1C(=O)O. The Labute approximate surface area is 123 Å². The van der Waals surface area contributed by atoms with Crippen LogP contribution in [-0.2, 0) is 4.79 Å². The van der Waals surface area contributed by atoms with Gasteiger partial charge in [-0.15, -0.1) is 0 Å². The quantitative estimate of drug-likeness (QED) is 0.918. The highest BCUT2D eigenvalue weighted by atomic mass is 16.4. The molecule has 110 valence electrons. The van der Waals surface area contributed by atoms with E-state index in [0.717, 1.165) is 23.1 Å². The molecule has 0 bridgehead atoms. The van der Waals surface area contributed by atoms with Gasteiger partial charge in [-0.05, 0) is 37.8 Å². The summed E-state index contributed by atoms with van der Waals surface area (Å²) in [5, 5.41) is 9.50. The molecule has 1 aliphatic rings. The number of carbonyl (C=O) groups is 1. The van der Waals surface area contributed by atoms with Crippen molar-refractivity contribution in [2.75, 3.05) is 11.4 Å². The van der Waals surface area contributed by atoms with E-state index in [1.54, 1.807) is 0 Å². The van der Waals surface area contributed by atoms with Crippen LogP contribution in [0.4, 0.5) is 5.82 Å². The van der Waals surface area contributed by atoms with Crippen molar-refractivity contribution in [3.63, 3.8) is 0 Å². The first kappa shape index (κ1) is 13.8. The number of nitrogens with zero attached hydrogens (tertiary/aromatic N) is 3. The van der Waals surface area contributed by atoms with Crippen LogP contribution in [0.25, 0.3) is 11.0 Å². The summed E-state index contributed by atoms with van der Waals surface area (Å²) in [6.07, 6.45) is 1.64. The maximum absolute atomic E-state index is 11.6. The fourth-order valence-corrected chi connectivity index (χ4v) is 2.98. The predicted molar refractivity (Wildman–Crippen MR) is 81.4 cm³/mol. The number of hydrogen-bond acceptors (Lipinski definition) is 4. The largest absolute Gasteiger partial charge is 0.480 e. The summed E-state index contributed by atoms with van der Waals surface area (Å²) in [5.41, 5.74) is 2.44. The van der Waals surface area contributed by atoms with Gasteiger partial charge in [-0.1, -0.05) is 19.1 Å². The van der Waals surface area contributed by atoms with E-state index in [1.165, 1.54) is 0 Å². The Bertz CT molecular complexity index is 686. The Hall–Kier alpha value is -2.17. The van der Waals surface area contributed by atoms with Gasteiger partial charge >= 0.3 is 5.97 Å². The van der Waals surface area contributed by atoms with Gasteiger partial charge in [-0.25, -0.2) is 14.8 Å². The molecule has 0 radical (unpaired) electrons. The van der Waals surface area contributed by atoms with E-state index in [-0.39, 0.29) is 0 Å². The highest BCUT2D eigenvalue weighted by molar-refractivity contribution is 5.80. The average molecular weight is 285 g/mol. The lowest BCUT2D eigenvalue weighted by Gasteiger charge is -2.37. The summed E-state index contributed by atoms with van der Waals surface area (Å²) in [6, 6.07) is 7.17. The molecule has 5 heteroatoms. The molecule has 1 aromatic carbocycles. The van der Waals surface area contributed by atoms with E-state index < -0.39 is 12.0 Å². The molecular weight excluding hydrogens is 266 g/mol. The van der Waals surface area contributed by atoms with Crippen LogP contribution in [0.15, 0.2) is 24.3 Å². The second-order valence-corrected chi connectivity index (χ2v) is 5.80. The van der Waals surface area contributed by atoms with Gasteiger partial charge in [-0.3, -0.25) is 0 Å². The standard InChI is InChI=1S/C16H19N3O2/c1-10-7-8-19(14(9-10)16(20)21)15-11(2)17-12-5-3-4-6-13(12)18-15/h3-6,10,14H,7-9H2,1-2H3,(H,20,21). The predicted octanol–water partition coefficient (Wildman–Crippen LogP) is 2.63. The Morgan fingerprint density at radius 1 is 1.29 bits per heavy atom. The third kappa shape index (κ3) is 2.55. The van der Waals surface area contributed by atoms with Crippen LogP contribution in [0.3, 0.4) is 0 Å². The Balaban J connectivity index is 2.05. The van der Waals surface area contributed by atoms with Crippen molar-refractivity contribution in [2.24, 2.45) is 5.92 Å². The van der Waals surface area contributed by atoms with E-state index in [9.17, 15) is 9.90 Å². The minimum Gasteiger partial charge on any atom is -0.480 e. The lowest BCUT2D eigenvalue weighted by molar-refractivity contribution is -0.139. The number of para-hydroxylation sites is 2. The lowest BCUT2D eigenvalue weighted by atomic mass is 9.92. The van der Waals surface area contributed by atoms with Gasteiger partial charge in [0.15, 0.2) is 5.82 Å². The van der Waals surface area contributed by atoms with Crippen LogP contribution in [0, 0.1) is 12.8 Å². The topological polar surface area (TPSA) is 66.3 Å². The maximum atomic E-state index is 11.6. The van der Waals surface area contributed by atoms with Crippen molar-refractivity contribution in [3.05, 3.63) is 30.0 Å².